The van der Waals surface area contributed by atoms with Gasteiger partial charge in [-0.1, -0.05) is 0 Å². The first kappa shape index (κ1) is 152. The van der Waals surface area contributed by atoms with E-state index in [1.165, 1.54) is 0 Å². The second-order valence-corrected chi connectivity index (χ2v) is 1.80. The van der Waals surface area contributed by atoms with Gasteiger partial charge in [0.1, 0.15) is 0 Å². The van der Waals surface area contributed by atoms with Crippen molar-refractivity contribution in [1.82, 2.24) is 0 Å². The third kappa shape index (κ3) is 1180. The van der Waals surface area contributed by atoms with Crippen LogP contribution in [0, 0.1) is 0 Å². The van der Waals surface area contributed by atoms with E-state index in [1.807, 2.05) is 0 Å². The average Bonchev–Trinajstić information content (AvgIpc) is 0.722. The first-order valence-electron chi connectivity index (χ1n) is 0.894. The molecule has 0 aliphatic rings. The van der Waals surface area contributed by atoms with E-state index in [2.05, 4.69) is 0 Å². The van der Waals surface area contributed by atoms with Gasteiger partial charge in [-0.25, -0.2) is 0 Å². The first-order valence-corrected chi connectivity index (χ1v) is 2.68. The maximum atomic E-state index is 7.33. The van der Waals surface area contributed by atoms with Crippen LogP contribution in [0.3, 0.4) is 0 Å². The van der Waals surface area contributed by atoms with Crippen LogP contribution < -0.4 is 0 Å². The zero-order valence-electron chi connectivity index (χ0n) is 6.79. The second kappa shape index (κ2) is 69.4. The van der Waals surface area contributed by atoms with Gasteiger partial charge < -0.3 is 68.5 Å². The number of rotatable bonds is 0. The first-order chi connectivity index (χ1) is 2.00. The Labute approximate surface area is 136 Å². The van der Waals surface area contributed by atoms with Crippen molar-refractivity contribution in [3.05, 3.63) is 0 Å². The summed E-state index contributed by atoms with van der Waals surface area (Å²) >= 11 is 0. The van der Waals surface area contributed by atoms with Crippen LogP contribution in [-0.2, 0) is 0 Å². The molecule has 108 valence electrons. The third-order valence-electron chi connectivity index (χ3n) is 0. The number of hydrogen-bond acceptors (Lipinski definition) is 4. The van der Waals surface area contributed by atoms with Crippen LogP contribution >= 0.6 is 0 Å². The molecule has 13 nitrogen and oxygen atoms in total. The van der Waals surface area contributed by atoms with Crippen molar-refractivity contribution >= 4 is 68.2 Å². The molecular weight excluding hydrogens is 282 g/mol. The minimum atomic E-state index is -4.61. The molecule has 0 aliphatic carbocycles. The average molecular weight is 306 g/mol. The summed E-state index contributed by atoms with van der Waals surface area (Å²) in [4.78, 5) is 29.3. The van der Waals surface area contributed by atoms with Crippen LogP contribution in [0.5, 0.6) is 0 Å². The fraction of sp³-hybridized carbons (Fsp3) is 0. The molecular formula is H24Na2O13Si. The molecule has 0 amide bonds. The Hall–Kier alpha value is 1.70. The maximum absolute atomic E-state index is 7.33. The zero-order chi connectivity index (χ0) is 4.50. The summed E-state index contributed by atoms with van der Waals surface area (Å²) in [7, 11) is -4.61. The molecule has 0 bridgehead atoms. The molecule has 0 aromatic heterocycles. The van der Waals surface area contributed by atoms with Gasteiger partial charge in [-0.2, -0.15) is 0 Å². The number of hydrogen-bond donors (Lipinski definition) is 4. The van der Waals surface area contributed by atoms with Crippen LogP contribution in [0.1, 0.15) is 0 Å². The van der Waals surface area contributed by atoms with Gasteiger partial charge in [0.25, 0.3) is 0 Å². The molecule has 0 rings (SSSR count). The summed E-state index contributed by atoms with van der Waals surface area (Å²) in [5.74, 6) is 0. The van der Waals surface area contributed by atoms with E-state index in [4.69, 9.17) is 19.2 Å². The van der Waals surface area contributed by atoms with Crippen LogP contribution in [0.15, 0.2) is 0 Å². The molecule has 0 aliphatic heterocycles. The topological polar surface area (TPSA) is 364 Å². The monoisotopic (exact) mass is 306 g/mol. The van der Waals surface area contributed by atoms with Gasteiger partial charge in [-0.05, 0) is 0 Å². The predicted octanol–water partition coefficient (Wildman–Crippen LogP) is -11.3. The Balaban J connectivity index is -0.00000000145. The third-order valence-corrected chi connectivity index (χ3v) is 0. The molecule has 16 heavy (non-hydrogen) atoms. The Morgan fingerprint density at radius 1 is 0.375 bits per heavy atom. The van der Waals surface area contributed by atoms with Crippen molar-refractivity contribution in [2.24, 2.45) is 0 Å². The van der Waals surface area contributed by atoms with E-state index in [1.54, 1.807) is 0 Å². The summed E-state index contributed by atoms with van der Waals surface area (Å²) in [5.41, 5.74) is 0. The van der Waals surface area contributed by atoms with E-state index in [0.717, 1.165) is 0 Å². The molecule has 0 saturated heterocycles. The molecule has 16 heteroatoms. The van der Waals surface area contributed by atoms with Crippen molar-refractivity contribution in [2.45, 2.75) is 0 Å². The van der Waals surface area contributed by atoms with Crippen molar-refractivity contribution in [3.8, 4) is 0 Å². The van der Waals surface area contributed by atoms with E-state index in [9.17, 15) is 0 Å². The summed E-state index contributed by atoms with van der Waals surface area (Å²) in [6.07, 6.45) is 0. The summed E-state index contributed by atoms with van der Waals surface area (Å²) in [5, 5.41) is 0. The molecule has 0 fully saturated rings. The Morgan fingerprint density at radius 3 is 0.375 bits per heavy atom. The molecule has 0 atom stereocenters. The molecule has 0 aromatic carbocycles. The van der Waals surface area contributed by atoms with Gasteiger partial charge >= 0.3 is 68.2 Å². The predicted molar refractivity (Wildman–Crippen MR) is 61.5 cm³/mol. The molecule has 0 heterocycles. The van der Waals surface area contributed by atoms with Gasteiger partial charge in [-0.15, -0.1) is 0 Å². The van der Waals surface area contributed by atoms with E-state index >= 15 is 0 Å². The fourth-order valence-corrected chi connectivity index (χ4v) is 0. The Bertz CT molecular complexity index is 29.4. The molecule has 0 radical (unpaired) electrons. The SMILES string of the molecule is O.O.O.O.O.O.O.O.O.O[Si](O)(O)O.[NaH].[NaH]. The summed E-state index contributed by atoms with van der Waals surface area (Å²) in [6, 6.07) is 0. The van der Waals surface area contributed by atoms with Crippen molar-refractivity contribution < 1.29 is 68.5 Å². The molecule has 0 aromatic rings. The molecule has 0 unspecified atom stereocenters. The van der Waals surface area contributed by atoms with Gasteiger partial charge in [0.15, 0.2) is 0 Å². The van der Waals surface area contributed by atoms with Crippen LogP contribution in [0.4, 0.5) is 0 Å². The second-order valence-electron chi connectivity index (χ2n) is 0.600. The van der Waals surface area contributed by atoms with Crippen LogP contribution in [0.25, 0.3) is 0 Å². The van der Waals surface area contributed by atoms with Gasteiger partial charge in [0.2, 0.25) is 0 Å². The minimum absolute atomic E-state index is 0. The fourth-order valence-electron chi connectivity index (χ4n) is 0. The van der Waals surface area contributed by atoms with Gasteiger partial charge in [0, 0.05) is 0 Å². The Morgan fingerprint density at radius 2 is 0.375 bits per heavy atom. The summed E-state index contributed by atoms with van der Waals surface area (Å²) < 4.78 is 0. The van der Waals surface area contributed by atoms with Crippen LogP contribution in [-0.4, -0.2) is 137 Å². The molecule has 0 spiro atoms. The Kier molecular flexibility index (Phi) is 660. The zero-order valence-corrected chi connectivity index (χ0v) is 7.79. The van der Waals surface area contributed by atoms with Crippen molar-refractivity contribution in [2.75, 3.05) is 0 Å². The molecule has 22 N–H and O–H groups in total. The van der Waals surface area contributed by atoms with Crippen molar-refractivity contribution in [3.63, 3.8) is 0 Å². The van der Waals surface area contributed by atoms with E-state index < -0.39 is 9.05 Å². The standard InChI is InChI=1S/2Na.H4O4Si.9H2O.2H/c;;1-5(2,3)4;;;;;;;;;;;/h;;1-4H;9*1H2;;. The van der Waals surface area contributed by atoms with E-state index in [-0.39, 0.29) is 108 Å². The van der Waals surface area contributed by atoms with Gasteiger partial charge in [0.05, 0.1) is 0 Å². The summed E-state index contributed by atoms with van der Waals surface area (Å²) in [6.45, 7) is 0. The quantitative estimate of drug-likeness (QED) is 0.316. The van der Waals surface area contributed by atoms with Crippen LogP contribution in [0.2, 0.25) is 0 Å². The molecule has 0 saturated carbocycles. The van der Waals surface area contributed by atoms with Crippen molar-refractivity contribution in [1.29, 1.82) is 0 Å². The van der Waals surface area contributed by atoms with Gasteiger partial charge in [-0.3, -0.25) is 0 Å². The normalized spacial score (nSPS) is 3.75. The van der Waals surface area contributed by atoms with E-state index in [0.29, 0.717) is 0 Å².